The van der Waals surface area contributed by atoms with Crippen LogP contribution in [-0.2, 0) is 15.2 Å². The van der Waals surface area contributed by atoms with Gasteiger partial charge in [-0.1, -0.05) is 60.8 Å². The fourth-order valence-electron chi connectivity index (χ4n) is 3.33. The monoisotopic (exact) mass is 560 g/mol. The molecule has 2 N–H and O–H groups in total. The third kappa shape index (κ3) is 5.66. The number of carbonyl (C=O) groups is 1. The highest BCUT2D eigenvalue weighted by molar-refractivity contribution is 6.34. The summed E-state index contributed by atoms with van der Waals surface area (Å²) < 4.78 is 83.3. The summed E-state index contributed by atoms with van der Waals surface area (Å²) in [4.78, 5) is 16.8. The van der Waals surface area contributed by atoms with E-state index < -0.39 is 52.0 Å². The van der Waals surface area contributed by atoms with Crippen molar-refractivity contribution in [1.29, 1.82) is 0 Å². The van der Waals surface area contributed by atoms with Crippen LogP contribution in [0.5, 0.6) is 0 Å². The zero-order chi connectivity index (χ0) is 26.3. The zero-order valence-electron chi connectivity index (χ0n) is 17.9. The van der Waals surface area contributed by atoms with E-state index in [9.17, 15) is 31.1 Å². The largest absolute Gasteiger partial charge is 0.428 e. The van der Waals surface area contributed by atoms with E-state index in [4.69, 9.17) is 39.6 Å². The average molecular weight is 562 g/mol. The van der Waals surface area contributed by atoms with E-state index in [-0.39, 0.29) is 21.3 Å². The van der Waals surface area contributed by atoms with Crippen LogP contribution in [0.4, 0.5) is 26.3 Å². The molecule has 0 saturated carbocycles. The van der Waals surface area contributed by atoms with Crippen LogP contribution >= 0.6 is 34.8 Å². The number of alkyl halides is 6. The van der Waals surface area contributed by atoms with Gasteiger partial charge in [-0.15, -0.1) is 0 Å². The Labute approximate surface area is 211 Å². The van der Waals surface area contributed by atoms with Gasteiger partial charge in [-0.3, -0.25) is 15.1 Å². The number of amides is 1. The SMILES string of the molecule is CC(C)C(=O)NC(c1ccc(C2=CC(c3cc(Cl)cc(Cl)c3)(C(F)(F)F)ON2)cc1Cl)C(F)(F)F. The number of rotatable bonds is 5. The van der Waals surface area contributed by atoms with E-state index in [0.29, 0.717) is 6.08 Å². The molecule has 3 rings (SSSR count). The summed E-state index contributed by atoms with van der Waals surface area (Å²) in [7, 11) is 0. The maximum Gasteiger partial charge on any atom is 0.428 e. The van der Waals surface area contributed by atoms with Crippen molar-refractivity contribution in [2.45, 2.75) is 37.8 Å². The third-order valence-corrected chi connectivity index (χ3v) is 5.91. The summed E-state index contributed by atoms with van der Waals surface area (Å²) in [5.41, 5.74) is -1.90. The first-order valence-electron chi connectivity index (χ1n) is 9.92. The van der Waals surface area contributed by atoms with Crippen LogP contribution < -0.4 is 10.8 Å². The fourth-order valence-corrected chi connectivity index (χ4v) is 4.14. The molecule has 0 spiro atoms. The van der Waals surface area contributed by atoms with Gasteiger partial charge in [-0.2, -0.15) is 26.3 Å². The maximum atomic E-state index is 14.1. The highest BCUT2D eigenvalue weighted by Crippen LogP contribution is 2.48. The lowest BCUT2D eigenvalue weighted by atomic mass is 9.91. The number of carbonyl (C=O) groups excluding carboxylic acids is 1. The van der Waals surface area contributed by atoms with Crippen molar-refractivity contribution in [3.05, 3.63) is 74.2 Å². The Morgan fingerprint density at radius 1 is 1.00 bits per heavy atom. The molecule has 0 fully saturated rings. The molecule has 0 bridgehead atoms. The maximum absolute atomic E-state index is 14.1. The zero-order valence-corrected chi connectivity index (χ0v) is 20.2. The van der Waals surface area contributed by atoms with E-state index in [0.717, 1.165) is 30.3 Å². The van der Waals surface area contributed by atoms with Crippen LogP contribution in [0, 0.1) is 5.92 Å². The van der Waals surface area contributed by atoms with Gasteiger partial charge >= 0.3 is 12.4 Å². The summed E-state index contributed by atoms with van der Waals surface area (Å²) in [6, 6.07) is 4.04. The Morgan fingerprint density at radius 2 is 1.60 bits per heavy atom. The number of benzene rings is 2. The molecule has 13 heteroatoms. The highest BCUT2D eigenvalue weighted by atomic mass is 35.5. The molecule has 4 nitrogen and oxygen atoms in total. The molecule has 0 radical (unpaired) electrons. The highest BCUT2D eigenvalue weighted by Gasteiger charge is 2.59. The molecule has 2 unspecified atom stereocenters. The predicted molar refractivity (Wildman–Crippen MR) is 120 cm³/mol. The van der Waals surface area contributed by atoms with E-state index in [1.165, 1.54) is 19.9 Å². The fraction of sp³-hybridized carbons (Fsp3) is 0.318. The van der Waals surface area contributed by atoms with E-state index >= 15 is 0 Å². The second-order valence-electron chi connectivity index (χ2n) is 8.03. The summed E-state index contributed by atoms with van der Waals surface area (Å²) in [5, 5.41) is 1.35. The van der Waals surface area contributed by atoms with Gasteiger partial charge in [0.05, 0.1) is 5.70 Å². The molecule has 35 heavy (non-hydrogen) atoms. The number of hydrogen-bond acceptors (Lipinski definition) is 3. The first-order chi connectivity index (χ1) is 16.0. The van der Waals surface area contributed by atoms with Gasteiger partial charge in [0, 0.05) is 37.7 Å². The van der Waals surface area contributed by atoms with Crippen molar-refractivity contribution in [2.75, 3.05) is 0 Å². The second-order valence-corrected chi connectivity index (χ2v) is 9.31. The lowest BCUT2D eigenvalue weighted by Crippen LogP contribution is -2.42. The first kappa shape index (κ1) is 27.4. The minimum Gasteiger partial charge on any atom is -0.341 e. The molecule has 0 aromatic heterocycles. The van der Waals surface area contributed by atoms with Gasteiger partial charge in [0.1, 0.15) is 0 Å². The van der Waals surface area contributed by atoms with Crippen molar-refractivity contribution in [1.82, 2.24) is 10.8 Å². The summed E-state index contributed by atoms with van der Waals surface area (Å²) >= 11 is 17.8. The number of halogens is 9. The standard InChI is InChI=1S/C22H17Cl3F6N2O2/c1-10(2)19(34)32-18(21(26,27)28)15-4-3-11(5-16(15)25)17-9-20(35-33-17,22(29,30)31)12-6-13(23)8-14(24)7-12/h3-10,18,33H,1-2H3,(H,32,34). The van der Waals surface area contributed by atoms with Gasteiger partial charge in [-0.05, 0) is 30.3 Å². The van der Waals surface area contributed by atoms with Crippen LogP contribution in [0.3, 0.4) is 0 Å². The minimum absolute atomic E-state index is 0.00844. The molecule has 1 heterocycles. The molecule has 2 aromatic rings. The number of hydrogen-bond donors (Lipinski definition) is 2. The smallest absolute Gasteiger partial charge is 0.341 e. The molecule has 0 aliphatic carbocycles. The van der Waals surface area contributed by atoms with Gasteiger partial charge < -0.3 is 5.32 Å². The molecule has 2 aromatic carbocycles. The quantitative estimate of drug-likeness (QED) is 0.375. The summed E-state index contributed by atoms with van der Waals surface area (Å²) in [5.74, 6) is -1.57. The first-order valence-corrected chi connectivity index (χ1v) is 11.1. The normalized spacial score (nSPS) is 19.4. The Kier molecular flexibility index (Phi) is 7.63. The molecule has 190 valence electrons. The Morgan fingerprint density at radius 3 is 2.09 bits per heavy atom. The van der Waals surface area contributed by atoms with Crippen LogP contribution in [0.2, 0.25) is 15.1 Å². The topological polar surface area (TPSA) is 50.4 Å². The summed E-state index contributed by atoms with van der Waals surface area (Å²) in [6.07, 6.45) is -9.13. The number of nitrogens with one attached hydrogen (secondary N) is 2. The molecule has 1 aliphatic heterocycles. The molecular weight excluding hydrogens is 545 g/mol. The van der Waals surface area contributed by atoms with Crippen LogP contribution in [0.25, 0.3) is 5.70 Å². The van der Waals surface area contributed by atoms with Crippen LogP contribution in [0.1, 0.15) is 36.6 Å². The average Bonchev–Trinajstić information content (AvgIpc) is 3.17. The molecule has 1 aliphatic rings. The van der Waals surface area contributed by atoms with E-state index in [2.05, 4.69) is 5.48 Å². The third-order valence-electron chi connectivity index (χ3n) is 5.14. The molecule has 2 atom stereocenters. The lowest BCUT2D eigenvalue weighted by Gasteiger charge is -2.28. The van der Waals surface area contributed by atoms with Gasteiger partial charge in [0.15, 0.2) is 6.04 Å². The second kappa shape index (κ2) is 9.72. The van der Waals surface area contributed by atoms with Crippen LogP contribution in [0.15, 0.2) is 42.5 Å². The van der Waals surface area contributed by atoms with Crippen LogP contribution in [-0.4, -0.2) is 18.3 Å². The Bertz CT molecular complexity index is 1150. The van der Waals surface area contributed by atoms with Crippen molar-refractivity contribution in [2.24, 2.45) is 5.92 Å². The summed E-state index contributed by atoms with van der Waals surface area (Å²) in [6.45, 7) is 2.84. The van der Waals surface area contributed by atoms with Gasteiger partial charge in [0.25, 0.3) is 0 Å². The number of hydroxylamine groups is 1. The molecule has 0 saturated heterocycles. The van der Waals surface area contributed by atoms with E-state index in [1.807, 2.05) is 5.32 Å². The van der Waals surface area contributed by atoms with Crippen molar-refractivity contribution in [3.63, 3.8) is 0 Å². The predicted octanol–water partition coefficient (Wildman–Crippen LogP) is 7.36. The molecular formula is C22H17Cl3F6N2O2. The van der Waals surface area contributed by atoms with Crippen molar-refractivity contribution in [3.8, 4) is 0 Å². The van der Waals surface area contributed by atoms with Gasteiger partial charge in [0.2, 0.25) is 11.5 Å². The van der Waals surface area contributed by atoms with Crippen molar-refractivity contribution >= 4 is 46.4 Å². The van der Waals surface area contributed by atoms with Gasteiger partial charge in [-0.25, -0.2) is 0 Å². The molecule has 1 amide bonds. The van der Waals surface area contributed by atoms with Crippen molar-refractivity contribution < 1.29 is 36.0 Å². The lowest BCUT2D eigenvalue weighted by molar-refractivity contribution is -0.269. The Balaban J connectivity index is 2.04. The minimum atomic E-state index is -4.97. The van der Waals surface area contributed by atoms with E-state index in [1.54, 1.807) is 0 Å². The Hall–Kier alpha value is -2.14.